The van der Waals surface area contributed by atoms with Gasteiger partial charge in [-0.15, -0.1) is 11.8 Å². The zero-order valence-corrected chi connectivity index (χ0v) is 19.8. The van der Waals surface area contributed by atoms with Crippen molar-refractivity contribution in [2.45, 2.75) is 24.0 Å². The molecule has 2 N–H and O–H groups in total. The van der Waals surface area contributed by atoms with Gasteiger partial charge >= 0.3 is 6.09 Å². The number of ether oxygens (including phenoxy) is 1. The number of carbonyl (C=O) groups excluding carboxylic acids is 2. The highest BCUT2D eigenvalue weighted by atomic mass is 32.2. The Kier molecular flexibility index (Phi) is 6.70. The van der Waals surface area contributed by atoms with Crippen molar-refractivity contribution < 1.29 is 14.3 Å². The van der Waals surface area contributed by atoms with E-state index in [0.29, 0.717) is 37.4 Å². The van der Waals surface area contributed by atoms with Crippen LogP contribution in [0.25, 0.3) is 11.1 Å². The molecule has 0 unspecified atom stereocenters. The van der Waals surface area contributed by atoms with Crippen molar-refractivity contribution in [3.05, 3.63) is 77.9 Å². The first-order chi connectivity index (χ1) is 17.1. The molecule has 176 valence electrons. The highest BCUT2D eigenvalue weighted by Crippen LogP contribution is 2.35. The average molecular weight is 485 g/mol. The van der Waals surface area contributed by atoms with Crippen LogP contribution < -0.4 is 15.5 Å². The number of rotatable bonds is 7. The van der Waals surface area contributed by atoms with Gasteiger partial charge in [0.1, 0.15) is 6.10 Å². The van der Waals surface area contributed by atoms with Gasteiger partial charge in [0.25, 0.3) is 0 Å². The number of fused-ring (bicyclic) bond motifs is 1. The standard InChI is InChI=1S/C27H24N4O3S/c28-14-18-3-1-5-20(11-18)21-6-2-4-19(12-21)15-29-10-9-23-16-31(27(33)34-23)22-7-8-25-24(13-22)30-26(32)17-35-25/h1-8,11-13,23,29H,9-10,15-17H2,(H,30,32)/t23-/m0/s1. The normalized spacial score (nSPS) is 16.9. The van der Waals surface area contributed by atoms with Crippen LogP contribution in [0.4, 0.5) is 16.2 Å². The summed E-state index contributed by atoms with van der Waals surface area (Å²) in [5.41, 5.74) is 5.34. The molecular formula is C27H24N4O3S. The molecule has 0 saturated carbocycles. The Morgan fingerprint density at radius 3 is 2.77 bits per heavy atom. The number of hydrogen-bond acceptors (Lipinski definition) is 6. The van der Waals surface area contributed by atoms with E-state index >= 15 is 0 Å². The van der Waals surface area contributed by atoms with Crippen LogP contribution in [0.3, 0.4) is 0 Å². The van der Waals surface area contributed by atoms with Crippen LogP contribution in [0.15, 0.2) is 71.6 Å². The minimum atomic E-state index is -0.364. The van der Waals surface area contributed by atoms with Gasteiger partial charge in [0.05, 0.1) is 29.6 Å². The predicted molar refractivity (Wildman–Crippen MR) is 136 cm³/mol. The van der Waals surface area contributed by atoms with E-state index in [1.807, 2.05) is 48.5 Å². The molecule has 2 aliphatic heterocycles. The van der Waals surface area contributed by atoms with Crippen molar-refractivity contribution in [2.75, 3.05) is 29.1 Å². The van der Waals surface area contributed by atoms with E-state index in [2.05, 4.69) is 28.8 Å². The Balaban J connectivity index is 1.14. The van der Waals surface area contributed by atoms with E-state index in [9.17, 15) is 9.59 Å². The molecule has 8 heteroatoms. The number of nitrogens with one attached hydrogen (secondary N) is 2. The molecule has 0 radical (unpaired) electrons. The molecule has 0 spiro atoms. The fraction of sp³-hybridized carbons (Fsp3) is 0.222. The molecule has 3 aromatic rings. The number of hydrogen-bond donors (Lipinski definition) is 2. The van der Waals surface area contributed by atoms with E-state index in [-0.39, 0.29) is 18.1 Å². The minimum Gasteiger partial charge on any atom is -0.444 e. The van der Waals surface area contributed by atoms with Crippen molar-refractivity contribution in [1.82, 2.24) is 5.32 Å². The lowest BCUT2D eigenvalue weighted by atomic mass is 10.0. The number of anilines is 2. The Morgan fingerprint density at radius 1 is 1.09 bits per heavy atom. The molecule has 0 bridgehead atoms. The molecule has 2 heterocycles. The van der Waals surface area contributed by atoms with E-state index in [1.54, 1.807) is 11.0 Å². The Bertz CT molecular complexity index is 1320. The van der Waals surface area contributed by atoms with Gasteiger partial charge in [-0.05, 0) is 66.1 Å². The fourth-order valence-electron chi connectivity index (χ4n) is 4.25. The zero-order chi connectivity index (χ0) is 24.2. The summed E-state index contributed by atoms with van der Waals surface area (Å²) in [6, 6.07) is 23.7. The van der Waals surface area contributed by atoms with Gasteiger partial charge in [-0.1, -0.05) is 30.3 Å². The van der Waals surface area contributed by atoms with Crippen LogP contribution in [0.2, 0.25) is 0 Å². The number of amides is 2. The highest BCUT2D eigenvalue weighted by Gasteiger charge is 2.32. The number of benzene rings is 3. The number of thioether (sulfide) groups is 1. The second kappa shape index (κ2) is 10.2. The second-order valence-corrected chi connectivity index (χ2v) is 9.51. The summed E-state index contributed by atoms with van der Waals surface area (Å²) in [6.07, 6.45) is 0.135. The predicted octanol–water partition coefficient (Wildman–Crippen LogP) is 4.77. The topological polar surface area (TPSA) is 94.5 Å². The van der Waals surface area contributed by atoms with Crippen LogP contribution in [0.5, 0.6) is 0 Å². The third-order valence-corrected chi connectivity index (χ3v) is 7.08. The summed E-state index contributed by atoms with van der Waals surface area (Å²) in [6.45, 7) is 1.88. The maximum absolute atomic E-state index is 12.5. The summed E-state index contributed by atoms with van der Waals surface area (Å²) in [5, 5.41) is 15.4. The quantitative estimate of drug-likeness (QED) is 0.469. The average Bonchev–Trinajstić information content (AvgIpc) is 3.26. The second-order valence-electron chi connectivity index (χ2n) is 8.49. The first-order valence-corrected chi connectivity index (χ1v) is 12.4. The summed E-state index contributed by atoms with van der Waals surface area (Å²) in [4.78, 5) is 26.8. The lowest BCUT2D eigenvalue weighted by Gasteiger charge is -2.20. The summed E-state index contributed by atoms with van der Waals surface area (Å²) < 4.78 is 5.57. The van der Waals surface area contributed by atoms with Gasteiger partial charge in [0, 0.05) is 17.1 Å². The van der Waals surface area contributed by atoms with Crippen LogP contribution in [0, 0.1) is 11.3 Å². The minimum absolute atomic E-state index is 0.0335. The molecule has 35 heavy (non-hydrogen) atoms. The van der Waals surface area contributed by atoms with E-state index in [1.165, 1.54) is 11.8 Å². The van der Waals surface area contributed by atoms with Crippen molar-refractivity contribution in [3.8, 4) is 17.2 Å². The molecule has 7 nitrogen and oxygen atoms in total. The highest BCUT2D eigenvalue weighted by molar-refractivity contribution is 8.00. The maximum atomic E-state index is 12.5. The molecule has 0 aromatic heterocycles. The van der Waals surface area contributed by atoms with Gasteiger partial charge in [0.2, 0.25) is 5.91 Å². The van der Waals surface area contributed by atoms with Crippen LogP contribution >= 0.6 is 11.8 Å². The fourth-order valence-corrected chi connectivity index (χ4v) is 5.04. The number of nitrogens with zero attached hydrogens (tertiary/aromatic N) is 2. The third kappa shape index (κ3) is 5.32. The smallest absolute Gasteiger partial charge is 0.414 e. The molecular weight excluding hydrogens is 460 g/mol. The van der Waals surface area contributed by atoms with Crippen molar-refractivity contribution in [2.24, 2.45) is 0 Å². The molecule has 2 aliphatic rings. The lowest BCUT2D eigenvalue weighted by Crippen LogP contribution is -2.26. The van der Waals surface area contributed by atoms with Crippen LogP contribution in [-0.4, -0.2) is 36.9 Å². The number of cyclic esters (lactones) is 1. The van der Waals surface area contributed by atoms with Crippen LogP contribution in [0.1, 0.15) is 17.5 Å². The van der Waals surface area contributed by atoms with Gasteiger partial charge in [-0.25, -0.2) is 4.79 Å². The van der Waals surface area contributed by atoms with Crippen molar-refractivity contribution in [1.29, 1.82) is 5.26 Å². The van der Waals surface area contributed by atoms with Gasteiger partial charge in [-0.2, -0.15) is 5.26 Å². The third-order valence-electron chi connectivity index (χ3n) is 6.01. The van der Waals surface area contributed by atoms with Gasteiger partial charge in [-0.3, -0.25) is 9.69 Å². The number of carbonyl (C=O) groups is 2. The SMILES string of the molecule is N#Cc1cccc(-c2cccc(CNCC[C@H]3CN(c4ccc5c(c4)NC(=O)CS5)C(=O)O3)c2)c1. The molecule has 5 rings (SSSR count). The zero-order valence-electron chi connectivity index (χ0n) is 19.0. The molecule has 2 amide bonds. The van der Waals surface area contributed by atoms with Gasteiger partial charge in [0.15, 0.2) is 0 Å². The summed E-state index contributed by atoms with van der Waals surface area (Å²) in [7, 11) is 0. The molecule has 1 saturated heterocycles. The summed E-state index contributed by atoms with van der Waals surface area (Å²) >= 11 is 1.49. The Hall–Kier alpha value is -3.80. The Morgan fingerprint density at radius 2 is 1.91 bits per heavy atom. The Labute approximate surface area is 208 Å². The first-order valence-electron chi connectivity index (χ1n) is 11.4. The van der Waals surface area contributed by atoms with Gasteiger partial charge < -0.3 is 15.4 Å². The molecule has 0 aliphatic carbocycles. The summed E-state index contributed by atoms with van der Waals surface area (Å²) in [5.74, 6) is 0.375. The maximum Gasteiger partial charge on any atom is 0.414 e. The molecule has 3 aromatic carbocycles. The van der Waals surface area contributed by atoms with Crippen molar-refractivity contribution in [3.63, 3.8) is 0 Å². The monoisotopic (exact) mass is 484 g/mol. The first kappa shape index (κ1) is 23.0. The van der Waals surface area contributed by atoms with E-state index in [0.717, 1.165) is 33.0 Å². The number of nitriles is 1. The van der Waals surface area contributed by atoms with E-state index in [4.69, 9.17) is 10.00 Å². The largest absolute Gasteiger partial charge is 0.444 e. The van der Waals surface area contributed by atoms with Crippen molar-refractivity contribution >= 4 is 35.1 Å². The molecule has 1 atom stereocenters. The van der Waals surface area contributed by atoms with E-state index < -0.39 is 0 Å². The van der Waals surface area contributed by atoms with Crippen LogP contribution in [-0.2, 0) is 16.1 Å². The molecule has 1 fully saturated rings. The lowest BCUT2D eigenvalue weighted by molar-refractivity contribution is -0.113.